The lowest BCUT2D eigenvalue weighted by molar-refractivity contribution is -0.139. The van der Waals surface area contributed by atoms with Gasteiger partial charge in [0, 0.05) is 0 Å². The molecule has 1 aromatic carbocycles. The Kier molecular flexibility index (Phi) is 5.30. The molecule has 0 aromatic heterocycles. The molecule has 0 spiro atoms. The SMILES string of the molecule is CCOC(=O)C1=C(C)OC(N)=C(C#N)[C@H]1c1ccc(C(C)C)cc1. The second-order valence-electron chi connectivity index (χ2n) is 5.94. The lowest BCUT2D eigenvalue weighted by atomic mass is 9.82. The van der Waals surface area contributed by atoms with E-state index in [-0.39, 0.29) is 18.1 Å². The number of nitrogens with zero attached hydrogens (tertiary/aromatic N) is 1. The van der Waals surface area contributed by atoms with Crippen LogP contribution in [0.15, 0.2) is 47.1 Å². The summed E-state index contributed by atoms with van der Waals surface area (Å²) < 4.78 is 10.5. The minimum atomic E-state index is -0.580. The van der Waals surface area contributed by atoms with Gasteiger partial charge < -0.3 is 15.2 Å². The van der Waals surface area contributed by atoms with Gasteiger partial charge >= 0.3 is 5.97 Å². The number of hydrogen-bond acceptors (Lipinski definition) is 5. The molecule has 5 heteroatoms. The third-order valence-corrected chi connectivity index (χ3v) is 4.04. The van der Waals surface area contributed by atoms with Gasteiger partial charge in [-0.25, -0.2) is 4.79 Å². The highest BCUT2D eigenvalue weighted by Gasteiger charge is 2.36. The maximum atomic E-state index is 12.4. The summed E-state index contributed by atoms with van der Waals surface area (Å²) in [6, 6.07) is 9.91. The molecule has 0 saturated carbocycles. The maximum absolute atomic E-state index is 12.4. The molecule has 0 aliphatic carbocycles. The first kappa shape index (κ1) is 17.6. The molecule has 0 radical (unpaired) electrons. The molecule has 1 heterocycles. The fraction of sp³-hybridized carbons (Fsp3) is 0.368. The normalized spacial score (nSPS) is 17.6. The zero-order chi connectivity index (χ0) is 17.9. The Hall–Kier alpha value is -2.74. The summed E-state index contributed by atoms with van der Waals surface area (Å²) in [5.74, 6) is -0.285. The summed E-state index contributed by atoms with van der Waals surface area (Å²) in [4.78, 5) is 12.4. The first-order valence-corrected chi connectivity index (χ1v) is 7.96. The summed E-state index contributed by atoms with van der Waals surface area (Å²) in [5, 5.41) is 9.51. The second-order valence-corrected chi connectivity index (χ2v) is 5.94. The third-order valence-electron chi connectivity index (χ3n) is 4.04. The van der Waals surface area contributed by atoms with Gasteiger partial charge in [0.25, 0.3) is 0 Å². The van der Waals surface area contributed by atoms with Crippen molar-refractivity contribution in [2.24, 2.45) is 5.73 Å². The van der Waals surface area contributed by atoms with E-state index in [4.69, 9.17) is 15.2 Å². The van der Waals surface area contributed by atoms with Crippen molar-refractivity contribution >= 4 is 5.97 Å². The van der Waals surface area contributed by atoms with Crippen molar-refractivity contribution in [3.8, 4) is 6.07 Å². The number of ether oxygens (including phenoxy) is 2. The first-order valence-electron chi connectivity index (χ1n) is 7.96. The summed E-state index contributed by atoms with van der Waals surface area (Å²) in [6.07, 6.45) is 0. The monoisotopic (exact) mass is 326 g/mol. The highest BCUT2D eigenvalue weighted by molar-refractivity contribution is 5.92. The number of carbonyl (C=O) groups is 1. The lowest BCUT2D eigenvalue weighted by Gasteiger charge is -2.27. The molecule has 1 aromatic rings. The number of esters is 1. The van der Waals surface area contributed by atoms with Crippen LogP contribution in [0.4, 0.5) is 0 Å². The van der Waals surface area contributed by atoms with Crippen LogP contribution in [0.2, 0.25) is 0 Å². The van der Waals surface area contributed by atoms with Crippen LogP contribution in [0.5, 0.6) is 0 Å². The third kappa shape index (κ3) is 3.28. The molecule has 2 N–H and O–H groups in total. The average molecular weight is 326 g/mol. The molecule has 0 saturated heterocycles. The molecule has 1 aliphatic heterocycles. The Morgan fingerprint density at radius 3 is 2.50 bits per heavy atom. The molecule has 1 atom stereocenters. The van der Waals surface area contributed by atoms with Crippen molar-refractivity contribution in [3.05, 3.63) is 58.2 Å². The fourth-order valence-electron chi connectivity index (χ4n) is 2.76. The van der Waals surface area contributed by atoms with Crippen molar-refractivity contribution in [2.45, 2.75) is 39.5 Å². The van der Waals surface area contributed by atoms with Crippen LogP contribution >= 0.6 is 0 Å². The predicted octanol–water partition coefficient (Wildman–Crippen LogP) is 3.45. The first-order chi connectivity index (χ1) is 11.4. The van der Waals surface area contributed by atoms with Gasteiger partial charge in [-0.1, -0.05) is 38.1 Å². The van der Waals surface area contributed by atoms with Crippen LogP contribution in [0.25, 0.3) is 0 Å². The summed E-state index contributed by atoms with van der Waals surface area (Å²) in [6.45, 7) is 7.85. The Balaban J connectivity index is 2.55. The van der Waals surface area contributed by atoms with E-state index in [1.54, 1.807) is 13.8 Å². The van der Waals surface area contributed by atoms with E-state index in [2.05, 4.69) is 19.9 Å². The van der Waals surface area contributed by atoms with Crippen LogP contribution in [0.3, 0.4) is 0 Å². The number of carbonyl (C=O) groups excluding carboxylic acids is 1. The van der Waals surface area contributed by atoms with Crippen LogP contribution in [0, 0.1) is 11.3 Å². The van der Waals surface area contributed by atoms with Crippen LogP contribution in [-0.2, 0) is 14.3 Å². The zero-order valence-corrected chi connectivity index (χ0v) is 14.4. The average Bonchev–Trinajstić information content (AvgIpc) is 2.54. The van der Waals surface area contributed by atoms with Gasteiger partial charge in [-0.15, -0.1) is 0 Å². The van der Waals surface area contributed by atoms with Gasteiger partial charge in [-0.05, 0) is 30.9 Å². The van der Waals surface area contributed by atoms with E-state index >= 15 is 0 Å². The molecular weight excluding hydrogens is 304 g/mol. The Labute approximate surface area is 142 Å². The molecule has 0 unspecified atom stereocenters. The van der Waals surface area contributed by atoms with Gasteiger partial charge in [0.2, 0.25) is 5.88 Å². The number of allylic oxidation sites excluding steroid dienone is 2. The van der Waals surface area contributed by atoms with E-state index in [0.29, 0.717) is 17.3 Å². The quantitative estimate of drug-likeness (QED) is 0.856. The van der Waals surface area contributed by atoms with E-state index in [1.165, 1.54) is 5.56 Å². The van der Waals surface area contributed by atoms with Gasteiger partial charge in [0.15, 0.2) is 0 Å². The standard InChI is InChI=1S/C19H22N2O3/c1-5-23-19(22)16-12(4)24-18(21)15(10-20)17(16)14-8-6-13(7-9-14)11(2)3/h6-9,11,17H,5,21H2,1-4H3/t17-/m1/s1. The number of nitrogens with two attached hydrogens (primary N) is 1. The molecule has 5 nitrogen and oxygen atoms in total. The molecule has 2 rings (SSSR count). The Morgan fingerprint density at radius 2 is 2.00 bits per heavy atom. The Morgan fingerprint density at radius 1 is 1.38 bits per heavy atom. The number of hydrogen-bond donors (Lipinski definition) is 1. The van der Waals surface area contributed by atoms with Gasteiger partial charge in [0.1, 0.15) is 17.4 Å². The van der Waals surface area contributed by atoms with Crippen LogP contribution in [0.1, 0.15) is 50.7 Å². The Bertz CT molecular complexity index is 737. The van der Waals surface area contributed by atoms with Gasteiger partial charge in [0.05, 0.1) is 18.1 Å². The highest BCUT2D eigenvalue weighted by atomic mass is 16.5. The fourth-order valence-corrected chi connectivity index (χ4v) is 2.76. The van der Waals surface area contributed by atoms with Crippen LogP contribution in [-0.4, -0.2) is 12.6 Å². The van der Waals surface area contributed by atoms with E-state index in [0.717, 1.165) is 5.56 Å². The molecule has 126 valence electrons. The van der Waals surface area contributed by atoms with E-state index in [1.807, 2.05) is 24.3 Å². The second kappa shape index (κ2) is 7.22. The molecule has 0 bridgehead atoms. The summed E-state index contributed by atoms with van der Waals surface area (Å²) in [5.41, 5.74) is 8.40. The molecular formula is C19H22N2O3. The summed E-state index contributed by atoms with van der Waals surface area (Å²) in [7, 11) is 0. The van der Waals surface area contributed by atoms with Crippen LogP contribution < -0.4 is 5.73 Å². The number of benzene rings is 1. The van der Waals surface area contributed by atoms with E-state index in [9.17, 15) is 10.1 Å². The van der Waals surface area contributed by atoms with E-state index < -0.39 is 11.9 Å². The van der Waals surface area contributed by atoms with Crippen molar-refractivity contribution < 1.29 is 14.3 Å². The summed E-state index contributed by atoms with van der Waals surface area (Å²) >= 11 is 0. The number of rotatable bonds is 4. The molecule has 0 fully saturated rings. The van der Waals surface area contributed by atoms with Gasteiger partial charge in [-0.3, -0.25) is 0 Å². The largest absolute Gasteiger partial charge is 0.463 e. The minimum absolute atomic E-state index is 0.0287. The van der Waals surface area contributed by atoms with Crippen molar-refractivity contribution in [1.29, 1.82) is 5.26 Å². The minimum Gasteiger partial charge on any atom is -0.463 e. The number of nitriles is 1. The van der Waals surface area contributed by atoms with Crippen molar-refractivity contribution in [3.63, 3.8) is 0 Å². The van der Waals surface area contributed by atoms with Crippen molar-refractivity contribution in [1.82, 2.24) is 0 Å². The molecule has 24 heavy (non-hydrogen) atoms. The maximum Gasteiger partial charge on any atom is 0.338 e. The zero-order valence-electron chi connectivity index (χ0n) is 14.4. The smallest absolute Gasteiger partial charge is 0.338 e. The highest BCUT2D eigenvalue weighted by Crippen LogP contribution is 2.39. The predicted molar refractivity (Wildman–Crippen MR) is 90.5 cm³/mol. The van der Waals surface area contributed by atoms with Gasteiger partial charge in [-0.2, -0.15) is 5.26 Å². The molecule has 0 amide bonds. The lowest BCUT2D eigenvalue weighted by Crippen LogP contribution is -2.25. The van der Waals surface area contributed by atoms with Crippen molar-refractivity contribution in [2.75, 3.05) is 6.61 Å². The molecule has 1 aliphatic rings. The topological polar surface area (TPSA) is 85.3 Å².